The summed E-state index contributed by atoms with van der Waals surface area (Å²) in [6, 6.07) is 18.0. The molecule has 3 heterocycles. The van der Waals surface area contributed by atoms with Crippen LogP contribution in [0.4, 0.5) is 11.5 Å². The summed E-state index contributed by atoms with van der Waals surface area (Å²) < 4.78 is 2.16. The van der Waals surface area contributed by atoms with Gasteiger partial charge in [0.15, 0.2) is 0 Å². The van der Waals surface area contributed by atoms with Crippen LogP contribution in [0.2, 0.25) is 0 Å². The first-order valence-corrected chi connectivity index (χ1v) is 11.6. The predicted molar refractivity (Wildman–Crippen MR) is 133 cm³/mol. The van der Waals surface area contributed by atoms with Gasteiger partial charge in [-0.3, -0.25) is 4.79 Å². The van der Waals surface area contributed by atoms with Gasteiger partial charge in [0.2, 0.25) is 0 Å². The SMILES string of the molecule is CC(C)c1nccn1Cc1cccc(NC(=O)c2cc3ccccc3nc2N2CCCC2)c1. The number of carbonyl (C=O) groups excluding carboxylic acids is 1. The maximum Gasteiger partial charge on any atom is 0.259 e. The molecule has 33 heavy (non-hydrogen) atoms. The van der Waals surface area contributed by atoms with Crippen LogP contribution >= 0.6 is 0 Å². The Balaban J connectivity index is 1.42. The van der Waals surface area contributed by atoms with Crippen molar-refractivity contribution in [3.05, 3.63) is 83.9 Å². The van der Waals surface area contributed by atoms with Gasteiger partial charge < -0.3 is 14.8 Å². The van der Waals surface area contributed by atoms with Crippen molar-refractivity contribution in [2.45, 2.75) is 39.2 Å². The van der Waals surface area contributed by atoms with Crippen molar-refractivity contribution in [1.29, 1.82) is 0 Å². The lowest BCUT2D eigenvalue weighted by atomic mass is 10.1. The quantitative estimate of drug-likeness (QED) is 0.434. The monoisotopic (exact) mass is 439 g/mol. The molecule has 0 spiro atoms. The molecule has 168 valence electrons. The summed E-state index contributed by atoms with van der Waals surface area (Å²) in [5.41, 5.74) is 3.44. The third-order valence-corrected chi connectivity index (χ3v) is 6.16. The number of imidazole rings is 1. The minimum atomic E-state index is -0.127. The second-order valence-corrected chi connectivity index (χ2v) is 8.97. The molecular weight excluding hydrogens is 410 g/mol. The smallest absolute Gasteiger partial charge is 0.259 e. The van der Waals surface area contributed by atoms with E-state index >= 15 is 0 Å². The fourth-order valence-electron chi connectivity index (χ4n) is 4.54. The molecule has 1 aliphatic rings. The predicted octanol–water partition coefficient (Wildman–Crippen LogP) is 5.46. The Labute approximate surface area is 194 Å². The van der Waals surface area contributed by atoms with Crippen LogP contribution in [0, 0.1) is 0 Å². The number of carbonyl (C=O) groups is 1. The topological polar surface area (TPSA) is 63.1 Å². The molecule has 0 radical (unpaired) electrons. The number of para-hydroxylation sites is 1. The van der Waals surface area contributed by atoms with Crippen molar-refractivity contribution in [3.8, 4) is 0 Å². The van der Waals surface area contributed by atoms with Crippen molar-refractivity contribution in [2.24, 2.45) is 0 Å². The normalized spacial score (nSPS) is 13.7. The first-order chi connectivity index (χ1) is 16.1. The van der Waals surface area contributed by atoms with E-state index in [9.17, 15) is 4.79 Å². The zero-order valence-corrected chi connectivity index (χ0v) is 19.2. The summed E-state index contributed by atoms with van der Waals surface area (Å²) in [4.78, 5) is 25.0. The van der Waals surface area contributed by atoms with E-state index in [0.29, 0.717) is 18.0 Å². The van der Waals surface area contributed by atoms with Gasteiger partial charge in [0.1, 0.15) is 11.6 Å². The van der Waals surface area contributed by atoms with E-state index in [-0.39, 0.29) is 5.91 Å². The Morgan fingerprint density at radius 3 is 2.70 bits per heavy atom. The van der Waals surface area contributed by atoms with Crippen LogP contribution in [0.15, 0.2) is 67.0 Å². The minimum absolute atomic E-state index is 0.127. The Kier molecular flexibility index (Phi) is 5.82. The number of amides is 1. The first-order valence-electron chi connectivity index (χ1n) is 11.6. The average Bonchev–Trinajstić information content (AvgIpc) is 3.51. The van der Waals surface area contributed by atoms with Crippen molar-refractivity contribution >= 4 is 28.3 Å². The largest absolute Gasteiger partial charge is 0.356 e. The van der Waals surface area contributed by atoms with E-state index in [2.05, 4.69) is 39.7 Å². The van der Waals surface area contributed by atoms with Crippen LogP contribution in [0.25, 0.3) is 10.9 Å². The summed E-state index contributed by atoms with van der Waals surface area (Å²) in [7, 11) is 0. The molecule has 0 atom stereocenters. The number of benzene rings is 2. The number of hydrogen-bond acceptors (Lipinski definition) is 4. The molecule has 1 amide bonds. The van der Waals surface area contributed by atoms with Gasteiger partial charge in [0, 0.05) is 49.0 Å². The second-order valence-electron chi connectivity index (χ2n) is 8.97. The summed E-state index contributed by atoms with van der Waals surface area (Å²) in [5.74, 6) is 2.06. The Hall–Kier alpha value is -3.67. The van der Waals surface area contributed by atoms with Crippen molar-refractivity contribution in [1.82, 2.24) is 14.5 Å². The van der Waals surface area contributed by atoms with E-state index < -0.39 is 0 Å². The Morgan fingerprint density at radius 1 is 1.06 bits per heavy atom. The van der Waals surface area contributed by atoms with Crippen LogP contribution in [-0.2, 0) is 6.54 Å². The second kappa shape index (κ2) is 9.06. The van der Waals surface area contributed by atoms with E-state index in [0.717, 1.165) is 59.7 Å². The van der Waals surface area contributed by atoms with E-state index in [1.807, 2.05) is 60.9 Å². The number of aromatic nitrogens is 3. The highest BCUT2D eigenvalue weighted by molar-refractivity contribution is 6.09. The molecule has 0 saturated carbocycles. The highest BCUT2D eigenvalue weighted by Crippen LogP contribution is 2.27. The summed E-state index contributed by atoms with van der Waals surface area (Å²) in [5, 5.41) is 4.09. The van der Waals surface area contributed by atoms with Gasteiger partial charge in [0.05, 0.1) is 11.1 Å². The highest BCUT2D eigenvalue weighted by atomic mass is 16.1. The van der Waals surface area contributed by atoms with Crippen LogP contribution < -0.4 is 10.2 Å². The maximum atomic E-state index is 13.4. The molecule has 5 rings (SSSR count). The fraction of sp³-hybridized carbons (Fsp3) is 0.296. The Bertz CT molecular complexity index is 1290. The van der Waals surface area contributed by atoms with E-state index in [4.69, 9.17) is 4.98 Å². The molecule has 0 bridgehead atoms. The van der Waals surface area contributed by atoms with Crippen LogP contribution in [-0.4, -0.2) is 33.5 Å². The molecule has 4 aromatic rings. The average molecular weight is 440 g/mol. The van der Waals surface area contributed by atoms with Gasteiger partial charge in [0.25, 0.3) is 5.91 Å². The summed E-state index contributed by atoms with van der Waals surface area (Å²) in [6.45, 7) is 6.87. The summed E-state index contributed by atoms with van der Waals surface area (Å²) >= 11 is 0. The lowest BCUT2D eigenvalue weighted by Crippen LogP contribution is -2.24. The van der Waals surface area contributed by atoms with Gasteiger partial charge in [-0.25, -0.2) is 9.97 Å². The number of hydrogen-bond donors (Lipinski definition) is 1. The number of nitrogens with zero attached hydrogens (tertiary/aromatic N) is 4. The summed E-state index contributed by atoms with van der Waals surface area (Å²) in [6.07, 6.45) is 6.10. The third-order valence-electron chi connectivity index (χ3n) is 6.16. The third kappa shape index (κ3) is 4.46. The molecule has 6 heteroatoms. The fourth-order valence-corrected chi connectivity index (χ4v) is 4.54. The number of pyridine rings is 1. The van der Waals surface area contributed by atoms with Crippen molar-refractivity contribution in [2.75, 3.05) is 23.3 Å². The van der Waals surface area contributed by atoms with Crippen LogP contribution in [0.1, 0.15) is 54.4 Å². The van der Waals surface area contributed by atoms with Gasteiger partial charge in [-0.1, -0.05) is 44.2 Å². The van der Waals surface area contributed by atoms with Crippen LogP contribution in [0.5, 0.6) is 0 Å². The van der Waals surface area contributed by atoms with Crippen molar-refractivity contribution < 1.29 is 4.79 Å². The van der Waals surface area contributed by atoms with Crippen LogP contribution in [0.3, 0.4) is 0 Å². The molecule has 1 aliphatic heterocycles. The molecule has 0 unspecified atom stereocenters. The number of fused-ring (bicyclic) bond motifs is 1. The lowest BCUT2D eigenvalue weighted by molar-refractivity contribution is 0.102. The molecule has 2 aromatic heterocycles. The molecule has 0 aliphatic carbocycles. The molecule has 1 saturated heterocycles. The molecule has 2 aromatic carbocycles. The zero-order valence-electron chi connectivity index (χ0n) is 19.2. The van der Waals surface area contributed by atoms with Gasteiger partial charge in [-0.2, -0.15) is 0 Å². The Morgan fingerprint density at radius 2 is 1.88 bits per heavy atom. The molecule has 1 N–H and O–H groups in total. The van der Waals surface area contributed by atoms with Gasteiger partial charge >= 0.3 is 0 Å². The van der Waals surface area contributed by atoms with E-state index in [1.54, 1.807) is 0 Å². The highest BCUT2D eigenvalue weighted by Gasteiger charge is 2.22. The zero-order chi connectivity index (χ0) is 22.8. The molecular formula is C27H29N5O. The number of nitrogens with one attached hydrogen (secondary N) is 1. The van der Waals surface area contributed by atoms with Gasteiger partial charge in [-0.15, -0.1) is 0 Å². The standard InChI is InChI=1S/C27H29N5O/c1-19(2)25-28-12-15-32(25)18-20-8-7-10-22(16-20)29-27(33)23-17-21-9-3-4-11-24(21)30-26(23)31-13-5-6-14-31/h3-4,7-12,15-17,19H,5-6,13-14,18H2,1-2H3,(H,29,33). The number of rotatable bonds is 6. The van der Waals surface area contributed by atoms with Gasteiger partial charge in [-0.05, 0) is 42.7 Å². The molecule has 6 nitrogen and oxygen atoms in total. The minimum Gasteiger partial charge on any atom is -0.356 e. The lowest BCUT2D eigenvalue weighted by Gasteiger charge is -2.20. The maximum absolute atomic E-state index is 13.4. The molecule has 1 fully saturated rings. The van der Waals surface area contributed by atoms with E-state index in [1.165, 1.54) is 0 Å². The van der Waals surface area contributed by atoms with Crippen molar-refractivity contribution in [3.63, 3.8) is 0 Å². The number of anilines is 2. The first kappa shape index (κ1) is 21.2.